The summed E-state index contributed by atoms with van der Waals surface area (Å²) >= 11 is 0. The fourth-order valence-corrected chi connectivity index (χ4v) is 3.57. The number of aliphatic hydroxyl groups is 1. The minimum absolute atomic E-state index is 0.261. The van der Waals surface area contributed by atoms with Gasteiger partial charge in [-0.05, 0) is 24.6 Å². The van der Waals surface area contributed by atoms with Crippen LogP contribution in [0.4, 0.5) is 0 Å². The number of amides is 1. The van der Waals surface area contributed by atoms with Crippen molar-refractivity contribution in [3.05, 3.63) is 65.7 Å². The predicted molar refractivity (Wildman–Crippen MR) is 109 cm³/mol. The van der Waals surface area contributed by atoms with Crippen LogP contribution in [0, 0.1) is 6.92 Å². The first-order valence-corrected chi connectivity index (χ1v) is 9.71. The molecule has 6 nitrogen and oxygen atoms in total. The first-order valence-electron chi connectivity index (χ1n) is 9.71. The number of β-amino-alcohol motifs (C(OH)–C–C–N with tert-alkyl or cyclic N) is 1. The third-order valence-electron chi connectivity index (χ3n) is 5.09. The molecule has 150 valence electrons. The first-order chi connectivity index (χ1) is 13.5. The molecular weight excluding hydrogens is 354 g/mol. The zero-order valence-electron chi connectivity index (χ0n) is 16.3. The van der Waals surface area contributed by atoms with E-state index in [1.54, 1.807) is 0 Å². The number of ether oxygens (including phenoxy) is 1. The van der Waals surface area contributed by atoms with Crippen LogP contribution in [0.3, 0.4) is 0 Å². The van der Waals surface area contributed by atoms with E-state index in [2.05, 4.69) is 9.80 Å². The summed E-state index contributed by atoms with van der Waals surface area (Å²) < 4.78 is 5.62. The van der Waals surface area contributed by atoms with Crippen LogP contribution in [0.15, 0.2) is 54.6 Å². The predicted octanol–water partition coefficient (Wildman–Crippen LogP) is 1.58. The molecular formula is C22H29N3O3. The number of para-hydroxylation sites is 1. The van der Waals surface area contributed by atoms with Crippen LogP contribution in [0.5, 0.6) is 5.75 Å². The molecule has 28 heavy (non-hydrogen) atoms. The van der Waals surface area contributed by atoms with Crippen molar-refractivity contribution in [2.45, 2.75) is 19.1 Å². The Morgan fingerprint density at radius 3 is 2.32 bits per heavy atom. The molecule has 1 aliphatic heterocycles. The molecule has 1 heterocycles. The van der Waals surface area contributed by atoms with Gasteiger partial charge in [0.1, 0.15) is 24.5 Å². The van der Waals surface area contributed by atoms with Crippen molar-refractivity contribution in [3.63, 3.8) is 0 Å². The lowest BCUT2D eigenvalue weighted by Crippen LogP contribution is -2.52. The Balaban J connectivity index is 1.48. The molecule has 1 unspecified atom stereocenters. The summed E-state index contributed by atoms with van der Waals surface area (Å²) in [6.07, 6.45) is -0.559. The van der Waals surface area contributed by atoms with E-state index < -0.39 is 12.1 Å². The molecule has 1 fully saturated rings. The molecule has 0 spiro atoms. The molecule has 0 aromatic heterocycles. The van der Waals surface area contributed by atoms with E-state index in [4.69, 9.17) is 10.5 Å². The Morgan fingerprint density at radius 1 is 1.07 bits per heavy atom. The maximum absolute atomic E-state index is 12.1. The van der Waals surface area contributed by atoms with Crippen molar-refractivity contribution < 1.29 is 14.6 Å². The maximum atomic E-state index is 12.1. The van der Waals surface area contributed by atoms with Gasteiger partial charge in [0.25, 0.3) is 0 Å². The van der Waals surface area contributed by atoms with E-state index in [1.807, 2.05) is 61.5 Å². The van der Waals surface area contributed by atoms with Gasteiger partial charge in [0.05, 0.1) is 0 Å². The van der Waals surface area contributed by atoms with Gasteiger partial charge in [-0.3, -0.25) is 14.6 Å². The van der Waals surface area contributed by atoms with Gasteiger partial charge in [-0.2, -0.15) is 0 Å². The lowest BCUT2D eigenvalue weighted by Gasteiger charge is -2.38. The summed E-state index contributed by atoms with van der Waals surface area (Å²) in [7, 11) is 0. The molecule has 0 aliphatic carbocycles. The molecule has 3 rings (SSSR count). The lowest BCUT2D eigenvalue weighted by molar-refractivity contribution is -0.124. The zero-order chi connectivity index (χ0) is 19.9. The third-order valence-corrected chi connectivity index (χ3v) is 5.09. The van der Waals surface area contributed by atoms with E-state index in [1.165, 1.54) is 0 Å². The smallest absolute Gasteiger partial charge is 0.239 e. The third kappa shape index (κ3) is 5.55. The SMILES string of the molecule is Cc1ccc([C@H](C(N)=O)N2CCN(CC(O)COc3ccccc3)CC2)cc1. The van der Waals surface area contributed by atoms with Crippen LogP contribution in [-0.2, 0) is 4.79 Å². The maximum Gasteiger partial charge on any atom is 0.239 e. The average Bonchev–Trinajstić information content (AvgIpc) is 2.70. The van der Waals surface area contributed by atoms with Crippen LogP contribution in [0.1, 0.15) is 17.2 Å². The summed E-state index contributed by atoms with van der Waals surface area (Å²) in [5.74, 6) is 0.433. The van der Waals surface area contributed by atoms with Crippen LogP contribution in [0.25, 0.3) is 0 Å². The number of nitrogens with two attached hydrogens (primary N) is 1. The highest BCUT2D eigenvalue weighted by Gasteiger charge is 2.29. The Morgan fingerprint density at radius 2 is 1.71 bits per heavy atom. The summed E-state index contributed by atoms with van der Waals surface area (Å²) in [5.41, 5.74) is 7.79. The quantitative estimate of drug-likeness (QED) is 0.724. The number of hydrogen-bond donors (Lipinski definition) is 2. The summed E-state index contributed by atoms with van der Waals surface area (Å²) in [6.45, 7) is 5.84. The van der Waals surface area contributed by atoms with Crippen molar-refractivity contribution in [1.29, 1.82) is 0 Å². The number of aliphatic hydroxyl groups excluding tert-OH is 1. The van der Waals surface area contributed by atoms with E-state index in [0.717, 1.165) is 43.1 Å². The van der Waals surface area contributed by atoms with Gasteiger partial charge in [0.2, 0.25) is 5.91 Å². The molecule has 2 aromatic carbocycles. The van der Waals surface area contributed by atoms with Gasteiger partial charge in [-0.25, -0.2) is 0 Å². The number of aryl methyl sites for hydroxylation is 1. The average molecular weight is 383 g/mol. The number of hydrogen-bond acceptors (Lipinski definition) is 5. The standard InChI is InChI=1S/C22H29N3O3/c1-17-7-9-18(10-8-17)21(22(23)27)25-13-11-24(12-14-25)15-19(26)16-28-20-5-3-2-4-6-20/h2-10,19,21,26H,11-16H2,1H3,(H2,23,27)/t19?,21-/m1/s1. The number of carbonyl (C=O) groups is 1. The number of primary amides is 1. The van der Waals surface area contributed by atoms with Crippen molar-refractivity contribution in [2.24, 2.45) is 5.73 Å². The number of benzene rings is 2. The molecule has 2 aromatic rings. The van der Waals surface area contributed by atoms with Crippen molar-refractivity contribution in [2.75, 3.05) is 39.3 Å². The Kier molecular flexibility index (Phi) is 7.03. The zero-order valence-corrected chi connectivity index (χ0v) is 16.3. The normalized spacial score (nSPS) is 17.8. The van der Waals surface area contributed by atoms with E-state index in [9.17, 15) is 9.90 Å². The summed E-state index contributed by atoms with van der Waals surface area (Å²) in [6, 6.07) is 17.0. The lowest BCUT2D eigenvalue weighted by atomic mass is 10.0. The molecule has 0 saturated carbocycles. The largest absolute Gasteiger partial charge is 0.491 e. The van der Waals surface area contributed by atoms with Crippen LogP contribution in [-0.4, -0.2) is 66.2 Å². The molecule has 2 atom stereocenters. The van der Waals surface area contributed by atoms with Crippen molar-refractivity contribution >= 4 is 5.91 Å². The van der Waals surface area contributed by atoms with Gasteiger partial charge >= 0.3 is 0 Å². The van der Waals surface area contributed by atoms with E-state index >= 15 is 0 Å². The van der Waals surface area contributed by atoms with Crippen LogP contribution in [0.2, 0.25) is 0 Å². The summed E-state index contributed by atoms with van der Waals surface area (Å²) in [5, 5.41) is 10.3. The van der Waals surface area contributed by atoms with E-state index in [-0.39, 0.29) is 12.5 Å². The molecule has 0 bridgehead atoms. The van der Waals surface area contributed by atoms with Gasteiger partial charge in [0.15, 0.2) is 0 Å². The van der Waals surface area contributed by atoms with Gasteiger partial charge in [-0.15, -0.1) is 0 Å². The van der Waals surface area contributed by atoms with Gasteiger partial charge in [0, 0.05) is 32.7 Å². The summed E-state index contributed by atoms with van der Waals surface area (Å²) in [4.78, 5) is 16.4. The molecule has 1 saturated heterocycles. The second-order valence-corrected chi connectivity index (χ2v) is 7.33. The minimum atomic E-state index is -0.559. The molecule has 1 aliphatic rings. The monoisotopic (exact) mass is 383 g/mol. The second-order valence-electron chi connectivity index (χ2n) is 7.33. The topological polar surface area (TPSA) is 79.0 Å². The minimum Gasteiger partial charge on any atom is -0.491 e. The van der Waals surface area contributed by atoms with Crippen LogP contribution >= 0.6 is 0 Å². The van der Waals surface area contributed by atoms with Crippen molar-refractivity contribution in [3.8, 4) is 5.75 Å². The molecule has 6 heteroatoms. The second kappa shape index (κ2) is 9.68. The fraction of sp³-hybridized carbons (Fsp3) is 0.409. The highest BCUT2D eigenvalue weighted by atomic mass is 16.5. The van der Waals surface area contributed by atoms with E-state index in [0.29, 0.717) is 6.54 Å². The fourth-order valence-electron chi connectivity index (χ4n) is 3.57. The Bertz CT molecular complexity index is 743. The number of rotatable bonds is 8. The molecule has 3 N–H and O–H groups in total. The number of piperazine rings is 1. The van der Waals surface area contributed by atoms with Crippen LogP contribution < -0.4 is 10.5 Å². The Hall–Kier alpha value is -2.41. The van der Waals surface area contributed by atoms with Gasteiger partial charge in [-0.1, -0.05) is 48.0 Å². The first kappa shape index (κ1) is 20.3. The Labute approximate surface area is 166 Å². The highest BCUT2D eigenvalue weighted by molar-refractivity contribution is 5.81. The number of carbonyl (C=O) groups excluding carboxylic acids is 1. The van der Waals surface area contributed by atoms with Crippen molar-refractivity contribution in [1.82, 2.24) is 9.80 Å². The molecule has 1 amide bonds. The van der Waals surface area contributed by atoms with Gasteiger partial charge < -0.3 is 15.6 Å². The number of nitrogens with zero attached hydrogens (tertiary/aromatic N) is 2. The molecule has 0 radical (unpaired) electrons. The highest BCUT2D eigenvalue weighted by Crippen LogP contribution is 2.22.